The smallest absolute Gasteiger partial charge is 0.237 e. The van der Waals surface area contributed by atoms with Crippen LogP contribution in [0.5, 0.6) is 0 Å². The van der Waals surface area contributed by atoms with E-state index in [1.165, 1.54) is 23.9 Å². The fourth-order valence-electron chi connectivity index (χ4n) is 3.18. The third-order valence-electron chi connectivity index (χ3n) is 4.94. The van der Waals surface area contributed by atoms with Crippen LogP contribution in [0.4, 0.5) is 10.1 Å². The number of nitrogens with one attached hydrogen (secondary N) is 1. The highest BCUT2D eigenvalue weighted by Crippen LogP contribution is 2.28. The van der Waals surface area contributed by atoms with E-state index in [2.05, 4.69) is 21.6 Å². The van der Waals surface area contributed by atoms with E-state index >= 15 is 0 Å². The molecule has 0 aliphatic rings. The van der Waals surface area contributed by atoms with Crippen LogP contribution in [0.15, 0.2) is 84.0 Å². The van der Waals surface area contributed by atoms with E-state index in [1.807, 2.05) is 34.9 Å². The standard InChI is InChI=1S/C25H20FN5OS/c1-17(24(32)28-22-13-7-18(15-27)8-14-22)33-25-30-29-23(20-9-11-21(26)12-10-20)31(25)16-19-5-3-2-4-6-19/h2-14,17H,16H2,1H3,(H,28,32). The first kappa shape index (κ1) is 22.2. The van der Waals surface area contributed by atoms with Gasteiger partial charge in [-0.15, -0.1) is 10.2 Å². The maximum Gasteiger partial charge on any atom is 0.237 e. The van der Waals surface area contributed by atoms with Crippen molar-refractivity contribution in [1.29, 1.82) is 5.26 Å². The van der Waals surface area contributed by atoms with Gasteiger partial charge in [0.1, 0.15) is 5.82 Å². The first-order valence-corrected chi connectivity index (χ1v) is 11.1. The number of thioether (sulfide) groups is 1. The largest absolute Gasteiger partial charge is 0.325 e. The van der Waals surface area contributed by atoms with Crippen molar-refractivity contribution >= 4 is 23.4 Å². The molecule has 1 unspecified atom stereocenters. The molecule has 3 aromatic carbocycles. The van der Waals surface area contributed by atoms with E-state index in [0.29, 0.717) is 28.8 Å². The summed E-state index contributed by atoms with van der Waals surface area (Å²) in [6.45, 7) is 2.30. The van der Waals surface area contributed by atoms with Crippen molar-refractivity contribution in [3.63, 3.8) is 0 Å². The average Bonchev–Trinajstić information content (AvgIpc) is 3.22. The summed E-state index contributed by atoms with van der Waals surface area (Å²) < 4.78 is 15.4. The molecule has 1 N–H and O–H groups in total. The number of benzene rings is 3. The number of hydrogen-bond acceptors (Lipinski definition) is 5. The zero-order valence-corrected chi connectivity index (χ0v) is 18.6. The first-order valence-electron chi connectivity index (χ1n) is 10.2. The molecule has 0 saturated carbocycles. The fraction of sp³-hybridized carbons (Fsp3) is 0.120. The lowest BCUT2D eigenvalue weighted by molar-refractivity contribution is -0.115. The molecule has 4 aromatic rings. The molecule has 6 nitrogen and oxygen atoms in total. The number of amides is 1. The van der Waals surface area contributed by atoms with Gasteiger partial charge in [0.15, 0.2) is 11.0 Å². The average molecular weight is 458 g/mol. The molecule has 1 amide bonds. The minimum atomic E-state index is -0.458. The second-order valence-corrected chi connectivity index (χ2v) is 8.63. The molecule has 0 radical (unpaired) electrons. The molecule has 0 aliphatic carbocycles. The molecule has 0 saturated heterocycles. The zero-order chi connectivity index (χ0) is 23.2. The number of carbonyl (C=O) groups excluding carboxylic acids is 1. The Morgan fingerprint density at radius 2 is 1.76 bits per heavy atom. The second kappa shape index (κ2) is 10.1. The van der Waals surface area contributed by atoms with Gasteiger partial charge in [0.25, 0.3) is 0 Å². The van der Waals surface area contributed by atoms with Crippen molar-refractivity contribution in [1.82, 2.24) is 14.8 Å². The first-order chi connectivity index (χ1) is 16.0. The van der Waals surface area contributed by atoms with Crippen molar-refractivity contribution in [2.45, 2.75) is 23.9 Å². The highest BCUT2D eigenvalue weighted by Gasteiger charge is 2.21. The van der Waals surface area contributed by atoms with Crippen molar-refractivity contribution < 1.29 is 9.18 Å². The van der Waals surface area contributed by atoms with Gasteiger partial charge in [-0.25, -0.2) is 4.39 Å². The van der Waals surface area contributed by atoms with E-state index in [-0.39, 0.29) is 11.7 Å². The fourth-order valence-corrected chi connectivity index (χ4v) is 4.03. The Hall–Kier alpha value is -3.96. The summed E-state index contributed by atoms with van der Waals surface area (Å²) >= 11 is 1.29. The topological polar surface area (TPSA) is 83.6 Å². The molecule has 1 aromatic heterocycles. The van der Waals surface area contributed by atoms with Crippen molar-refractivity contribution in [3.8, 4) is 17.5 Å². The molecule has 0 aliphatic heterocycles. The van der Waals surface area contributed by atoms with Crippen molar-refractivity contribution in [2.24, 2.45) is 0 Å². The van der Waals surface area contributed by atoms with Gasteiger partial charge in [-0.1, -0.05) is 42.1 Å². The van der Waals surface area contributed by atoms with Gasteiger partial charge in [0.2, 0.25) is 5.91 Å². The summed E-state index contributed by atoms with van der Waals surface area (Å²) in [5.41, 5.74) is 2.93. The Bertz CT molecular complexity index is 1280. The Morgan fingerprint density at radius 3 is 2.42 bits per heavy atom. The molecular formula is C25H20FN5OS. The van der Waals surface area contributed by atoms with E-state index in [0.717, 1.165) is 11.1 Å². The Labute approximate surface area is 195 Å². The molecule has 0 spiro atoms. The summed E-state index contributed by atoms with van der Waals surface area (Å²) in [4.78, 5) is 12.8. The lowest BCUT2D eigenvalue weighted by Crippen LogP contribution is -2.23. The number of halogens is 1. The lowest BCUT2D eigenvalue weighted by atomic mass is 10.2. The number of nitrogens with zero attached hydrogens (tertiary/aromatic N) is 4. The van der Waals surface area contributed by atoms with E-state index in [1.54, 1.807) is 43.3 Å². The van der Waals surface area contributed by atoms with E-state index in [9.17, 15) is 9.18 Å². The summed E-state index contributed by atoms with van der Waals surface area (Å²) in [5.74, 6) is 0.0823. The highest BCUT2D eigenvalue weighted by molar-refractivity contribution is 8.00. The van der Waals surface area contributed by atoms with Crippen LogP contribution in [-0.4, -0.2) is 25.9 Å². The van der Waals surface area contributed by atoms with Crippen LogP contribution in [0.3, 0.4) is 0 Å². The van der Waals surface area contributed by atoms with Crippen LogP contribution in [0.2, 0.25) is 0 Å². The number of hydrogen-bond donors (Lipinski definition) is 1. The minimum absolute atomic E-state index is 0.192. The minimum Gasteiger partial charge on any atom is -0.325 e. The monoisotopic (exact) mass is 457 g/mol. The van der Waals surface area contributed by atoms with Crippen LogP contribution in [-0.2, 0) is 11.3 Å². The summed E-state index contributed by atoms with van der Waals surface area (Å²) in [6, 6.07) is 24.7. The molecular weight excluding hydrogens is 437 g/mol. The normalized spacial score (nSPS) is 11.5. The highest BCUT2D eigenvalue weighted by atomic mass is 32.2. The van der Waals surface area contributed by atoms with Gasteiger partial charge in [-0.3, -0.25) is 9.36 Å². The third kappa shape index (κ3) is 5.45. The SMILES string of the molecule is CC(Sc1nnc(-c2ccc(F)cc2)n1Cc1ccccc1)C(=O)Nc1ccc(C#N)cc1. The number of carbonyl (C=O) groups is 1. The molecule has 0 bridgehead atoms. The summed E-state index contributed by atoms with van der Waals surface area (Å²) in [6.07, 6.45) is 0. The predicted molar refractivity (Wildman–Crippen MR) is 126 cm³/mol. The Kier molecular flexibility index (Phi) is 6.81. The lowest BCUT2D eigenvalue weighted by Gasteiger charge is -2.14. The van der Waals surface area contributed by atoms with Crippen molar-refractivity contribution in [3.05, 3.63) is 95.8 Å². The van der Waals surface area contributed by atoms with Crippen LogP contribution in [0.1, 0.15) is 18.1 Å². The number of aromatic nitrogens is 3. The van der Waals surface area contributed by atoms with E-state index in [4.69, 9.17) is 5.26 Å². The van der Waals surface area contributed by atoms with Gasteiger partial charge in [-0.2, -0.15) is 5.26 Å². The van der Waals surface area contributed by atoms with Gasteiger partial charge in [-0.05, 0) is 61.0 Å². The quantitative estimate of drug-likeness (QED) is 0.389. The molecule has 164 valence electrons. The van der Waals surface area contributed by atoms with Crippen LogP contribution >= 0.6 is 11.8 Å². The molecule has 8 heteroatoms. The number of nitriles is 1. The Balaban J connectivity index is 1.57. The zero-order valence-electron chi connectivity index (χ0n) is 17.8. The van der Waals surface area contributed by atoms with Gasteiger partial charge in [0.05, 0.1) is 23.4 Å². The number of rotatable bonds is 7. The molecule has 1 atom stereocenters. The predicted octanol–water partition coefficient (Wildman–Crippen LogP) is 5.12. The maximum absolute atomic E-state index is 13.4. The summed E-state index contributed by atoms with van der Waals surface area (Å²) in [5, 5.41) is 20.6. The summed E-state index contributed by atoms with van der Waals surface area (Å²) in [7, 11) is 0. The molecule has 33 heavy (non-hydrogen) atoms. The maximum atomic E-state index is 13.4. The molecule has 0 fully saturated rings. The van der Waals surface area contributed by atoms with Crippen LogP contribution in [0, 0.1) is 17.1 Å². The number of anilines is 1. The van der Waals surface area contributed by atoms with Crippen LogP contribution in [0.25, 0.3) is 11.4 Å². The van der Waals surface area contributed by atoms with Gasteiger partial charge >= 0.3 is 0 Å². The van der Waals surface area contributed by atoms with E-state index < -0.39 is 5.25 Å². The van der Waals surface area contributed by atoms with Crippen molar-refractivity contribution in [2.75, 3.05) is 5.32 Å². The Morgan fingerprint density at radius 1 is 1.06 bits per heavy atom. The van der Waals surface area contributed by atoms with Gasteiger partial charge < -0.3 is 5.32 Å². The third-order valence-corrected chi connectivity index (χ3v) is 6.02. The molecule has 1 heterocycles. The molecule has 4 rings (SSSR count). The van der Waals surface area contributed by atoms with Gasteiger partial charge in [0, 0.05) is 11.3 Å². The second-order valence-electron chi connectivity index (χ2n) is 7.32. The van der Waals surface area contributed by atoms with Crippen LogP contribution < -0.4 is 5.32 Å².